The number of rotatable bonds is 2. The van der Waals surface area contributed by atoms with Crippen molar-refractivity contribution in [3.63, 3.8) is 0 Å². The minimum atomic E-state index is 0.174. The monoisotopic (exact) mass is 284 g/mol. The van der Waals surface area contributed by atoms with E-state index in [4.69, 9.17) is 11.6 Å². The number of aromatic nitrogens is 1. The molecule has 0 spiro atoms. The lowest BCUT2D eigenvalue weighted by molar-refractivity contribution is 0.296. The zero-order valence-corrected chi connectivity index (χ0v) is 12.2. The van der Waals surface area contributed by atoms with Crippen molar-refractivity contribution in [3.05, 3.63) is 76.7 Å². The molecule has 1 unspecified atom stereocenters. The third-order valence-electron chi connectivity index (χ3n) is 3.69. The van der Waals surface area contributed by atoms with Gasteiger partial charge >= 0.3 is 0 Å². The summed E-state index contributed by atoms with van der Waals surface area (Å²) in [5.41, 5.74) is 3.79. The normalized spacial score (nSPS) is 18.3. The van der Waals surface area contributed by atoms with E-state index in [1.165, 1.54) is 11.1 Å². The molecule has 3 heteroatoms. The largest absolute Gasteiger partial charge is 0.365 e. The van der Waals surface area contributed by atoms with Crippen LogP contribution in [0.25, 0.3) is 0 Å². The second-order valence-electron chi connectivity index (χ2n) is 4.97. The average Bonchev–Trinajstić information content (AvgIpc) is 2.48. The van der Waals surface area contributed by atoms with E-state index in [9.17, 15) is 0 Å². The van der Waals surface area contributed by atoms with Crippen LogP contribution in [0.2, 0.25) is 5.02 Å². The number of hydrogen-bond donors (Lipinski definition) is 0. The van der Waals surface area contributed by atoms with Crippen molar-refractivity contribution >= 4 is 11.6 Å². The summed E-state index contributed by atoms with van der Waals surface area (Å²) in [6.45, 7) is 3.06. The molecule has 2 heterocycles. The third kappa shape index (κ3) is 2.44. The van der Waals surface area contributed by atoms with Crippen molar-refractivity contribution in [2.45, 2.75) is 19.4 Å². The van der Waals surface area contributed by atoms with Gasteiger partial charge < -0.3 is 4.90 Å². The molecule has 3 rings (SSSR count). The van der Waals surface area contributed by atoms with Gasteiger partial charge in [-0.05, 0) is 42.8 Å². The van der Waals surface area contributed by atoms with Gasteiger partial charge in [-0.1, -0.05) is 41.9 Å². The second-order valence-corrected chi connectivity index (χ2v) is 5.41. The Bertz CT molecular complexity index is 619. The molecule has 0 bridgehead atoms. The first-order valence-electron chi connectivity index (χ1n) is 6.87. The van der Waals surface area contributed by atoms with Gasteiger partial charge in [0.25, 0.3) is 0 Å². The summed E-state index contributed by atoms with van der Waals surface area (Å²) in [4.78, 5) is 6.87. The molecule has 0 aliphatic carbocycles. The lowest BCUT2D eigenvalue weighted by Gasteiger charge is -2.36. The predicted molar refractivity (Wildman–Crippen MR) is 82.8 cm³/mol. The van der Waals surface area contributed by atoms with Crippen LogP contribution in [0.3, 0.4) is 0 Å². The molecule has 0 radical (unpaired) electrons. The van der Waals surface area contributed by atoms with Gasteiger partial charge in [0.05, 0.1) is 16.8 Å². The summed E-state index contributed by atoms with van der Waals surface area (Å²) in [6.07, 6.45) is 7.03. The molecule has 1 aliphatic rings. The Morgan fingerprint density at radius 1 is 1.25 bits per heavy atom. The molecule has 1 aliphatic heterocycles. The number of pyridine rings is 1. The molecule has 0 amide bonds. The van der Waals surface area contributed by atoms with Crippen LogP contribution in [0.4, 0.5) is 0 Å². The highest BCUT2D eigenvalue weighted by atomic mass is 35.5. The fraction of sp³-hybridized carbons (Fsp3) is 0.235. The van der Waals surface area contributed by atoms with E-state index < -0.39 is 0 Å². The van der Waals surface area contributed by atoms with Gasteiger partial charge in [-0.3, -0.25) is 4.98 Å². The van der Waals surface area contributed by atoms with Gasteiger partial charge in [-0.15, -0.1) is 0 Å². The lowest BCUT2D eigenvalue weighted by atomic mass is 9.90. The van der Waals surface area contributed by atoms with Crippen molar-refractivity contribution in [2.75, 3.05) is 6.54 Å². The summed E-state index contributed by atoms with van der Waals surface area (Å²) in [7, 11) is 0. The molecule has 0 fully saturated rings. The van der Waals surface area contributed by atoms with E-state index in [0.29, 0.717) is 5.02 Å². The highest BCUT2D eigenvalue weighted by Gasteiger charge is 2.27. The Kier molecular flexibility index (Phi) is 3.75. The van der Waals surface area contributed by atoms with E-state index in [0.717, 1.165) is 18.7 Å². The molecular formula is C17H17ClN2. The summed E-state index contributed by atoms with van der Waals surface area (Å²) in [5.74, 6) is 0. The molecule has 1 atom stereocenters. The summed E-state index contributed by atoms with van der Waals surface area (Å²) >= 11 is 5.96. The quantitative estimate of drug-likeness (QED) is 0.821. The highest BCUT2D eigenvalue weighted by Crippen LogP contribution is 2.34. The molecule has 102 valence electrons. The minimum absolute atomic E-state index is 0.174. The zero-order chi connectivity index (χ0) is 13.9. The van der Waals surface area contributed by atoms with Crippen LogP contribution >= 0.6 is 11.6 Å². The highest BCUT2D eigenvalue weighted by molar-refractivity contribution is 6.30. The van der Waals surface area contributed by atoms with Gasteiger partial charge in [-0.2, -0.15) is 0 Å². The Balaban J connectivity index is 2.09. The third-order valence-corrected chi connectivity index (χ3v) is 3.92. The molecule has 0 N–H and O–H groups in total. The second kappa shape index (κ2) is 5.68. The number of halogens is 1. The maximum atomic E-state index is 5.96. The standard InChI is InChI=1S/C17H17ClN2/c1-2-10-20-11-9-13-5-3-4-6-15(13)17(20)16-8-7-14(18)12-19-16/h2-8,10,12,17H,9,11H2,1H3. The van der Waals surface area contributed by atoms with E-state index in [-0.39, 0.29) is 6.04 Å². The fourth-order valence-electron chi connectivity index (χ4n) is 2.82. The van der Waals surface area contributed by atoms with Crippen molar-refractivity contribution in [1.82, 2.24) is 9.88 Å². The van der Waals surface area contributed by atoms with E-state index in [2.05, 4.69) is 46.4 Å². The van der Waals surface area contributed by atoms with Crippen molar-refractivity contribution in [3.8, 4) is 0 Å². The summed E-state index contributed by atoms with van der Waals surface area (Å²) < 4.78 is 0. The van der Waals surface area contributed by atoms with Gasteiger partial charge in [0.1, 0.15) is 0 Å². The van der Waals surface area contributed by atoms with E-state index in [1.807, 2.05) is 19.1 Å². The molecule has 1 aromatic heterocycles. The van der Waals surface area contributed by atoms with Crippen molar-refractivity contribution in [2.24, 2.45) is 0 Å². The summed E-state index contributed by atoms with van der Waals surface area (Å²) in [6, 6.07) is 12.7. The maximum Gasteiger partial charge on any atom is 0.0963 e. The predicted octanol–water partition coefficient (Wildman–Crippen LogP) is 4.22. The Hall–Kier alpha value is -1.80. The van der Waals surface area contributed by atoms with E-state index >= 15 is 0 Å². The van der Waals surface area contributed by atoms with Gasteiger partial charge in [0.15, 0.2) is 0 Å². The van der Waals surface area contributed by atoms with Crippen LogP contribution in [0.1, 0.15) is 29.8 Å². The molecule has 0 saturated heterocycles. The fourth-order valence-corrected chi connectivity index (χ4v) is 2.93. The van der Waals surface area contributed by atoms with Crippen LogP contribution in [-0.4, -0.2) is 16.4 Å². The zero-order valence-electron chi connectivity index (χ0n) is 11.5. The van der Waals surface area contributed by atoms with Gasteiger partial charge in [-0.25, -0.2) is 0 Å². The van der Waals surface area contributed by atoms with Gasteiger partial charge in [0, 0.05) is 12.7 Å². The smallest absolute Gasteiger partial charge is 0.0963 e. The molecule has 1 aromatic carbocycles. The molecule has 20 heavy (non-hydrogen) atoms. The van der Waals surface area contributed by atoms with Crippen molar-refractivity contribution < 1.29 is 0 Å². The topological polar surface area (TPSA) is 16.1 Å². The molecular weight excluding hydrogens is 268 g/mol. The van der Waals surface area contributed by atoms with E-state index in [1.54, 1.807) is 6.20 Å². The molecule has 2 nitrogen and oxygen atoms in total. The number of fused-ring (bicyclic) bond motifs is 1. The summed E-state index contributed by atoms with van der Waals surface area (Å²) in [5, 5.41) is 0.676. The number of benzene rings is 1. The first-order valence-corrected chi connectivity index (χ1v) is 7.25. The molecule has 2 aromatic rings. The maximum absolute atomic E-state index is 5.96. The first-order chi connectivity index (χ1) is 9.79. The Labute approximate surface area is 124 Å². The number of allylic oxidation sites excluding steroid dienone is 1. The molecule has 0 saturated carbocycles. The van der Waals surface area contributed by atoms with Gasteiger partial charge in [0.2, 0.25) is 0 Å². The Morgan fingerprint density at radius 2 is 2.10 bits per heavy atom. The van der Waals surface area contributed by atoms with Crippen LogP contribution in [0.5, 0.6) is 0 Å². The SMILES string of the molecule is CC=CN1CCc2ccccc2C1c1ccc(Cl)cn1. The first kappa shape index (κ1) is 13.2. The van der Waals surface area contributed by atoms with Crippen LogP contribution in [0.15, 0.2) is 54.9 Å². The van der Waals surface area contributed by atoms with Crippen molar-refractivity contribution in [1.29, 1.82) is 0 Å². The Morgan fingerprint density at radius 3 is 2.85 bits per heavy atom. The average molecular weight is 285 g/mol. The van der Waals surface area contributed by atoms with Crippen LogP contribution in [0, 0.1) is 0 Å². The number of nitrogens with zero attached hydrogens (tertiary/aromatic N) is 2. The lowest BCUT2D eigenvalue weighted by Crippen LogP contribution is -2.32. The minimum Gasteiger partial charge on any atom is -0.365 e. The van der Waals surface area contributed by atoms with Crippen LogP contribution < -0.4 is 0 Å². The van der Waals surface area contributed by atoms with Crippen LogP contribution in [-0.2, 0) is 6.42 Å². The number of hydrogen-bond acceptors (Lipinski definition) is 2.